The van der Waals surface area contributed by atoms with E-state index in [1.54, 1.807) is 0 Å². The lowest BCUT2D eigenvalue weighted by molar-refractivity contribution is -0.142. The number of hydrogen-bond acceptors (Lipinski definition) is 2. The molecule has 0 saturated carbocycles. The summed E-state index contributed by atoms with van der Waals surface area (Å²) in [7, 11) is 0. The average molecular weight is 270 g/mol. The molecule has 0 aliphatic heterocycles. The molecule has 0 bridgehead atoms. The first-order valence-electron chi connectivity index (χ1n) is 3.87. The number of ether oxygens (including phenoxy) is 1. The van der Waals surface area contributed by atoms with Crippen molar-refractivity contribution in [2.45, 2.75) is 37.7 Å². The molecule has 0 aromatic carbocycles. The zero-order valence-electron chi connectivity index (χ0n) is 7.26. The van der Waals surface area contributed by atoms with Crippen molar-refractivity contribution in [2.24, 2.45) is 5.92 Å². The van der Waals surface area contributed by atoms with Crippen molar-refractivity contribution in [2.75, 3.05) is 0 Å². The molecule has 11 heavy (non-hydrogen) atoms. The van der Waals surface area contributed by atoms with E-state index in [0.717, 1.165) is 12.8 Å². The minimum Gasteiger partial charge on any atom is -0.452 e. The van der Waals surface area contributed by atoms with Gasteiger partial charge in [-0.1, -0.05) is 20.3 Å². The van der Waals surface area contributed by atoms with Crippen molar-refractivity contribution in [3.8, 4) is 0 Å². The molecule has 0 N–H and O–H groups in total. The molecule has 2 unspecified atom stereocenters. The van der Waals surface area contributed by atoms with E-state index in [1.807, 2.05) is 0 Å². The lowest BCUT2D eigenvalue weighted by atomic mass is 10.1. The molecule has 0 amide bonds. The van der Waals surface area contributed by atoms with Crippen LogP contribution >= 0.6 is 22.6 Å². The summed E-state index contributed by atoms with van der Waals surface area (Å²) in [4.78, 5) is 10.5. The third kappa shape index (κ3) is 6.59. The molecule has 0 aromatic heterocycles. The molecule has 2 nitrogen and oxygen atoms in total. The van der Waals surface area contributed by atoms with Crippen molar-refractivity contribution < 1.29 is 9.53 Å². The largest absolute Gasteiger partial charge is 0.452 e. The summed E-state index contributed by atoms with van der Waals surface area (Å²) in [6, 6.07) is 0. The number of esters is 1. The molecule has 2 atom stereocenters. The van der Waals surface area contributed by atoms with E-state index < -0.39 is 0 Å². The van der Waals surface area contributed by atoms with Crippen LogP contribution in [-0.4, -0.2) is 10.1 Å². The third-order valence-corrected chi connectivity index (χ3v) is 2.34. The second-order valence-electron chi connectivity index (χ2n) is 2.77. The molecule has 3 heteroatoms. The normalized spacial score (nSPS) is 15.6. The third-order valence-electron chi connectivity index (χ3n) is 1.58. The van der Waals surface area contributed by atoms with Gasteiger partial charge in [0.1, 0.15) is 0 Å². The van der Waals surface area contributed by atoms with Crippen molar-refractivity contribution >= 4 is 28.6 Å². The first-order chi connectivity index (χ1) is 5.06. The highest BCUT2D eigenvalue weighted by atomic mass is 127. The van der Waals surface area contributed by atoms with Gasteiger partial charge < -0.3 is 4.74 Å². The monoisotopic (exact) mass is 270 g/mol. The molecule has 0 aliphatic carbocycles. The minimum absolute atomic E-state index is 0.0417. The van der Waals surface area contributed by atoms with Gasteiger partial charge in [0.15, 0.2) is 4.11 Å². The fraction of sp³-hybridized carbons (Fsp3) is 0.875. The smallest absolute Gasteiger partial charge is 0.303 e. The highest BCUT2D eigenvalue weighted by Crippen LogP contribution is 2.17. The van der Waals surface area contributed by atoms with Crippen molar-refractivity contribution in [3.63, 3.8) is 0 Å². The Kier molecular flexibility index (Phi) is 5.91. The van der Waals surface area contributed by atoms with E-state index in [9.17, 15) is 4.79 Å². The number of rotatable bonds is 4. The fourth-order valence-electron chi connectivity index (χ4n) is 0.711. The van der Waals surface area contributed by atoms with Crippen LogP contribution in [0.5, 0.6) is 0 Å². The highest BCUT2D eigenvalue weighted by molar-refractivity contribution is 14.1. The Labute approximate surface area is 81.8 Å². The van der Waals surface area contributed by atoms with Crippen LogP contribution in [0.3, 0.4) is 0 Å². The SMILES string of the molecule is CCC(C)CC(I)OC(C)=O. The number of carbonyl (C=O) groups excluding carboxylic acids is 1. The van der Waals surface area contributed by atoms with Crippen LogP contribution in [0, 0.1) is 5.92 Å². The van der Waals surface area contributed by atoms with Crippen LogP contribution in [0.4, 0.5) is 0 Å². The maximum atomic E-state index is 10.5. The summed E-state index contributed by atoms with van der Waals surface area (Å²) >= 11 is 2.15. The van der Waals surface area contributed by atoms with Gasteiger partial charge in [-0.3, -0.25) is 4.79 Å². The molecule has 0 radical (unpaired) electrons. The summed E-state index contributed by atoms with van der Waals surface area (Å²) in [5, 5.41) is 0. The fourth-order valence-corrected chi connectivity index (χ4v) is 1.94. The molecule has 0 aromatic rings. The van der Waals surface area contributed by atoms with Gasteiger partial charge >= 0.3 is 5.97 Å². The second kappa shape index (κ2) is 5.80. The Morgan fingerprint density at radius 3 is 2.55 bits per heavy atom. The maximum absolute atomic E-state index is 10.5. The molecule has 0 aliphatic rings. The minimum atomic E-state index is -0.187. The van der Waals surface area contributed by atoms with Gasteiger partial charge in [-0.2, -0.15) is 0 Å². The predicted molar refractivity (Wildman–Crippen MR) is 53.6 cm³/mol. The van der Waals surface area contributed by atoms with Gasteiger partial charge in [0.2, 0.25) is 0 Å². The van der Waals surface area contributed by atoms with Gasteiger partial charge in [0.25, 0.3) is 0 Å². The molecule has 0 spiro atoms. The van der Waals surface area contributed by atoms with Crippen molar-refractivity contribution in [1.29, 1.82) is 0 Å². The summed E-state index contributed by atoms with van der Waals surface area (Å²) in [5.74, 6) is 0.448. The van der Waals surface area contributed by atoms with E-state index in [2.05, 4.69) is 36.4 Å². The number of carbonyl (C=O) groups is 1. The molecular formula is C8H15IO2. The lowest BCUT2D eigenvalue weighted by Gasteiger charge is -2.13. The molecular weight excluding hydrogens is 255 g/mol. The standard InChI is InChI=1S/C8H15IO2/c1-4-6(2)5-8(9)11-7(3)10/h6,8H,4-5H2,1-3H3. The quantitative estimate of drug-likeness (QED) is 0.446. The van der Waals surface area contributed by atoms with Gasteiger partial charge in [-0.15, -0.1) is 0 Å². The predicted octanol–water partition coefficient (Wildman–Crippen LogP) is 2.75. The molecule has 0 heterocycles. The van der Waals surface area contributed by atoms with Gasteiger partial charge in [-0.05, 0) is 34.9 Å². The molecule has 0 saturated heterocycles. The van der Waals surface area contributed by atoms with Gasteiger partial charge in [0.05, 0.1) is 0 Å². The second-order valence-corrected chi connectivity index (χ2v) is 4.16. The highest BCUT2D eigenvalue weighted by Gasteiger charge is 2.10. The van der Waals surface area contributed by atoms with E-state index in [-0.39, 0.29) is 10.1 Å². The maximum Gasteiger partial charge on any atom is 0.303 e. The van der Waals surface area contributed by atoms with Crippen LogP contribution in [0.2, 0.25) is 0 Å². The Bertz CT molecular complexity index is 125. The summed E-state index contributed by atoms with van der Waals surface area (Å²) < 4.78 is 5.01. The number of hydrogen-bond donors (Lipinski definition) is 0. The van der Waals surface area contributed by atoms with Crippen LogP contribution in [-0.2, 0) is 9.53 Å². The Balaban J connectivity index is 3.51. The van der Waals surface area contributed by atoms with Crippen molar-refractivity contribution in [3.05, 3.63) is 0 Å². The van der Waals surface area contributed by atoms with Crippen LogP contribution in [0.1, 0.15) is 33.6 Å². The Morgan fingerprint density at radius 1 is 1.64 bits per heavy atom. The zero-order chi connectivity index (χ0) is 8.85. The van der Waals surface area contributed by atoms with Gasteiger partial charge in [0, 0.05) is 6.92 Å². The van der Waals surface area contributed by atoms with E-state index in [4.69, 9.17) is 4.74 Å². The summed E-state index contributed by atoms with van der Waals surface area (Å²) in [6.45, 7) is 5.75. The lowest BCUT2D eigenvalue weighted by Crippen LogP contribution is -2.12. The number of alkyl halides is 1. The first kappa shape index (κ1) is 11.2. The topological polar surface area (TPSA) is 26.3 Å². The van der Waals surface area contributed by atoms with Crippen LogP contribution in [0.25, 0.3) is 0 Å². The van der Waals surface area contributed by atoms with Crippen LogP contribution < -0.4 is 0 Å². The van der Waals surface area contributed by atoms with Crippen LogP contribution in [0.15, 0.2) is 0 Å². The Hall–Kier alpha value is 0.200. The van der Waals surface area contributed by atoms with Gasteiger partial charge in [-0.25, -0.2) is 0 Å². The average Bonchev–Trinajstić information content (AvgIpc) is 1.85. The summed E-state index contributed by atoms with van der Waals surface area (Å²) in [6.07, 6.45) is 2.09. The van der Waals surface area contributed by atoms with Crippen molar-refractivity contribution in [1.82, 2.24) is 0 Å². The van der Waals surface area contributed by atoms with E-state index in [0.29, 0.717) is 5.92 Å². The molecule has 66 valence electrons. The van der Waals surface area contributed by atoms with E-state index >= 15 is 0 Å². The number of halogens is 1. The molecule has 0 rings (SSSR count). The summed E-state index contributed by atoms with van der Waals surface area (Å²) in [5.41, 5.74) is 0. The van der Waals surface area contributed by atoms with E-state index in [1.165, 1.54) is 6.92 Å². The Morgan fingerprint density at radius 2 is 2.18 bits per heavy atom. The first-order valence-corrected chi connectivity index (χ1v) is 5.12. The molecule has 0 fully saturated rings. The zero-order valence-corrected chi connectivity index (χ0v) is 9.42.